The van der Waals surface area contributed by atoms with E-state index in [0.717, 1.165) is 0 Å². The fourth-order valence-electron chi connectivity index (χ4n) is 0.243. The summed E-state index contributed by atoms with van der Waals surface area (Å²) in [5.74, 6) is 0. The summed E-state index contributed by atoms with van der Waals surface area (Å²) in [6.45, 7) is -1.05. The van der Waals surface area contributed by atoms with Crippen LogP contribution in [-0.4, -0.2) is 45.8 Å². The molecular formula is C4H10O4. The number of rotatable bonds is 3. The Kier molecular flexibility index (Phi) is 3.72. The van der Waals surface area contributed by atoms with E-state index in [9.17, 15) is 0 Å². The van der Waals surface area contributed by atoms with Gasteiger partial charge in [-0.05, 0) is 0 Å². The third-order valence-electron chi connectivity index (χ3n) is 0.818. The van der Waals surface area contributed by atoms with Crippen LogP contribution in [0.4, 0.5) is 0 Å². The molecule has 0 aromatic rings. The van der Waals surface area contributed by atoms with Crippen LogP contribution in [0.25, 0.3) is 0 Å². The minimum atomic E-state index is -1.22. The molecule has 0 amide bonds. The van der Waals surface area contributed by atoms with Gasteiger partial charge in [-0.1, -0.05) is 0 Å². The fraction of sp³-hybridized carbons (Fsp3) is 1.00. The normalized spacial score (nSPS) is 18.0. The predicted molar refractivity (Wildman–Crippen MR) is 26.2 cm³/mol. The van der Waals surface area contributed by atoms with Gasteiger partial charge in [-0.2, -0.15) is 0 Å². The summed E-state index contributed by atoms with van der Waals surface area (Å²) in [5, 5.41) is 33.2. The van der Waals surface area contributed by atoms with E-state index in [2.05, 4.69) is 0 Å². The van der Waals surface area contributed by atoms with Gasteiger partial charge in [-0.15, -0.1) is 0 Å². The maximum Gasteiger partial charge on any atom is 0.105 e. The summed E-state index contributed by atoms with van der Waals surface area (Å²) in [5.41, 5.74) is 0. The van der Waals surface area contributed by atoms with Crippen molar-refractivity contribution in [1.82, 2.24) is 0 Å². The van der Waals surface area contributed by atoms with E-state index in [1.54, 1.807) is 0 Å². The Morgan fingerprint density at radius 1 is 0.875 bits per heavy atom. The van der Waals surface area contributed by atoms with Crippen molar-refractivity contribution in [3.63, 3.8) is 0 Å². The molecular weight excluding hydrogens is 112 g/mol. The first kappa shape index (κ1) is 7.84. The number of aliphatic hydroxyl groups is 4. The molecule has 0 aliphatic heterocycles. The highest BCUT2D eigenvalue weighted by Crippen LogP contribution is 1.88. The molecule has 50 valence electrons. The van der Waals surface area contributed by atoms with E-state index in [4.69, 9.17) is 20.4 Å². The number of hydrogen-bond donors (Lipinski definition) is 4. The first-order chi connectivity index (χ1) is 3.72. The van der Waals surface area contributed by atoms with Gasteiger partial charge in [0.25, 0.3) is 0 Å². The SMILES string of the molecule is OCC(O)[C@H](O)CO. The van der Waals surface area contributed by atoms with Crippen LogP contribution in [0.1, 0.15) is 0 Å². The van der Waals surface area contributed by atoms with Crippen molar-refractivity contribution in [3.05, 3.63) is 0 Å². The molecule has 1 unspecified atom stereocenters. The maximum atomic E-state index is 8.47. The Morgan fingerprint density at radius 2 is 1.12 bits per heavy atom. The average Bonchev–Trinajstić information content (AvgIpc) is 1.84. The van der Waals surface area contributed by atoms with Crippen LogP contribution in [0.15, 0.2) is 0 Å². The van der Waals surface area contributed by atoms with Crippen LogP contribution in [0.2, 0.25) is 0 Å². The molecule has 0 aliphatic carbocycles. The van der Waals surface area contributed by atoms with Gasteiger partial charge in [0.05, 0.1) is 13.2 Å². The molecule has 4 heteroatoms. The third kappa shape index (κ3) is 2.23. The molecule has 0 aromatic carbocycles. The first-order valence-electron chi connectivity index (χ1n) is 2.30. The quantitative estimate of drug-likeness (QED) is 0.339. The summed E-state index contributed by atoms with van der Waals surface area (Å²) in [7, 11) is 0. The second-order valence-corrected chi connectivity index (χ2v) is 1.50. The van der Waals surface area contributed by atoms with Crippen molar-refractivity contribution < 1.29 is 20.4 Å². The van der Waals surface area contributed by atoms with E-state index in [-0.39, 0.29) is 0 Å². The van der Waals surface area contributed by atoms with Gasteiger partial charge in [0, 0.05) is 0 Å². The molecule has 4 nitrogen and oxygen atoms in total. The molecule has 0 radical (unpaired) electrons. The summed E-state index contributed by atoms with van der Waals surface area (Å²) in [4.78, 5) is 0. The molecule has 2 atom stereocenters. The molecule has 4 N–H and O–H groups in total. The van der Waals surface area contributed by atoms with E-state index in [0.29, 0.717) is 0 Å². The highest BCUT2D eigenvalue weighted by molar-refractivity contribution is 4.62. The van der Waals surface area contributed by atoms with Gasteiger partial charge in [0.1, 0.15) is 12.2 Å². The van der Waals surface area contributed by atoms with Gasteiger partial charge >= 0.3 is 0 Å². The standard InChI is InChI=1S/C4H10O4/c5-1-3(7)4(8)2-6/h3-8H,1-2H2/t3-,4?/m1/s1. The lowest BCUT2D eigenvalue weighted by atomic mass is 10.2. The van der Waals surface area contributed by atoms with Crippen LogP contribution in [0.5, 0.6) is 0 Å². The van der Waals surface area contributed by atoms with Crippen LogP contribution in [0.3, 0.4) is 0 Å². The van der Waals surface area contributed by atoms with E-state index >= 15 is 0 Å². The molecule has 0 aromatic heterocycles. The molecule has 0 spiro atoms. The monoisotopic (exact) mass is 122 g/mol. The molecule has 0 rings (SSSR count). The van der Waals surface area contributed by atoms with E-state index < -0.39 is 25.4 Å². The Balaban J connectivity index is 3.29. The first-order valence-corrected chi connectivity index (χ1v) is 2.30. The van der Waals surface area contributed by atoms with Crippen LogP contribution >= 0.6 is 0 Å². The second-order valence-electron chi connectivity index (χ2n) is 1.50. The zero-order valence-electron chi connectivity index (χ0n) is 4.36. The molecule has 0 saturated heterocycles. The molecule has 0 saturated carbocycles. The van der Waals surface area contributed by atoms with Crippen LogP contribution in [-0.2, 0) is 0 Å². The van der Waals surface area contributed by atoms with Crippen molar-refractivity contribution in [3.8, 4) is 0 Å². The van der Waals surface area contributed by atoms with Crippen molar-refractivity contribution in [2.45, 2.75) is 12.2 Å². The summed E-state index contributed by atoms with van der Waals surface area (Å²) >= 11 is 0. The van der Waals surface area contributed by atoms with Crippen molar-refractivity contribution in [1.29, 1.82) is 0 Å². The highest BCUT2D eigenvalue weighted by Gasteiger charge is 2.12. The average molecular weight is 122 g/mol. The van der Waals surface area contributed by atoms with Gasteiger partial charge in [0.15, 0.2) is 0 Å². The Labute approximate surface area is 47.0 Å². The second kappa shape index (κ2) is 3.80. The zero-order valence-corrected chi connectivity index (χ0v) is 4.36. The third-order valence-corrected chi connectivity index (χ3v) is 0.818. The van der Waals surface area contributed by atoms with Crippen molar-refractivity contribution in [2.24, 2.45) is 0 Å². The number of aliphatic hydroxyl groups excluding tert-OH is 4. The summed E-state index contributed by atoms with van der Waals surface area (Å²) in [6.07, 6.45) is -2.44. The highest BCUT2D eigenvalue weighted by atomic mass is 16.4. The van der Waals surface area contributed by atoms with Gasteiger partial charge in [0.2, 0.25) is 0 Å². The molecule has 0 bridgehead atoms. The smallest absolute Gasteiger partial charge is 0.105 e. The number of hydrogen-bond acceptors (Lipinski definition) is 4. The summed E-state index contributed by atoms with van der Waals surface area (Å²) < 4.78 is 0. The Morgan fingerprint density at radius 3 is 1.25 bits per heavy atom. The molecule has 0 fully saturated rings. The lowest BCUT2D eigenvalue weighted by Gasteiger charge is -2.10. The predicted octanol–water partition coefficient (Wildman–Crippen LogP) is -2.31. The van der Waals surface area contributed by atoms with Crippen molar-refractivity contribution >= 4 is 0 Å². The van der Waals surface area contributed by atoms with E-state index in [1.807, 2.05) is 0 Å². The lowest BCUT2D eigenvalue weighted by Crippen LogP contribution is -2.31. The van der Waals surface area contributed by atoms with Crippen LogP contribution < -0.4 is 0 Å². The summed E-state index contributed by atoms with van der Waals surface area (Å²) in [6, 6.07) is 0. The largest absolute Gasteiger partial charge is 0.394 e. The van der Waals surface area contributed by atoms with Gasteiger partial charge < -0.3 is 20.4 Å². The molecule has 0 aliphatic rings. The van der Waals surface area contributed by atoms with Gasteiger partial charge in [-0.3, -0.25) is 0 Å². The lowest BCUT2D eigenvalue weighted by molar-refractivity contribution is -0.0388. The van der Waals surface area contributed by atoms with E-state index in [1.165, 1.54) is 0 Å². The van der Waals surface area contributed by atoms with Crippen LogP contribution in [0, 0.1) is 0 Å². The Hall–Kier alpha value is -0.160. The zero-order chi connectivity index (χ0) is 6.57. The molecule has 8 heavy (non-hydrogen) atoms. The fourth-order valence-corrected chi connectivity index (χ4v) is 0.243. The minimum Gasteiger partial charge on any atom is -0.394 e. The maximum absolute atomic E-state index is 8.47. The Bertz CT molecular complexity index is 48.0. The van der Waals surface area contributed by atoms with Crippen molar-refractivity contribution in [2.75, 3.05) is 13.2 Å². The molecule has 0 heterocycles. The minimum absolute atomic E-state index is 0.526. The van der Waals surface area contributed by atoms with Gasteiger partial charge in [-0.25, -0.2) is 0 Å². The topological polar surface area (TPSA) is 80.9 Å².